The first-order valence-electron chi connectivity index (χ1n) is 7.14. The summed E-state index contributed by atoms with van der Waals surface area (Å²) in [4.78, 5) is 23.5. The summed E-state index contributed by atoms with van der Waals surface area (Å²) in [6.45, 7) is 1.80. The van der Waals surface area contributed by atoms with E-state index in [9.17, 15) is 18.4 Å². The summed E-state index contributed by atoms with van der Waals surface area (Å²) in [5.41, 5.74) is 0.329. The van der Waals surface area contributed by atoms with Gasteiger partial charge in [-0.15, -0.1) is 0 Å². The molecule has 0 aliphatic rings. The Morgan fingerprint density at radius 2 is 1.75 bits per heavy atom. The number of ether oxygens (including phenoxy) is 2. The van der Waals surface area contributed by atoms with Crippen molar-refractivity contribution in [2.24, 2.45) is 0 Å². The van der Waals surface area contributed by atoms with Crippen LogP contribution >= 0.6 is 0 Å². The van der Waals surface area contributed by atoms with Gasteiger partial charge in [0.2, 0.25) is 0 Å². The van der Waals surface area contributed by atoms with Gasteiger partial charge in [0, 0.05) is 11.8 Å². The molecule has 2 rings (SSSR count). The molecule has 2 aromatic carbocycles. The van der Waals surface area contributed by atoms with Crippen LogP contribution in [-0.4, -0.2) is 25.1 Å². The number of carbonyl (C=O) groups is 2. The fraction of sp³-hybridized carbons (Fsp3) is 0.176. The summed E-state index contributed by atoms with van der Waals surface area (Å²) >= 11 is 0. The van der Waals surface area contributed by atoms with Crippen LogP contribution in [0.3, 0.4) is 0 Å². The second kappa shape index (κ2) is 8.05. The smallest absolute Gasteiger partial charge is 0.338 e. The van der Waals surface area contributed by atoms with Crippen molar-refractivity contribution in [2.45, 2.75) is 6.92 Å². The molecule has 0 atom stereocenters. The maximum Gasteiger partial charge on any atom is 0.338 e. The van der Waals surface area contributed by atoms with Gasteiger partial charge in [-0.2, -0.15) is 0 Å². The van der Waals surface area contributed by atoms with E-state index in [1.165, 1.54) is 18.2 Å². The van der Waals surface area contributed by atoms with Gasteiger partial charge in [-0.25, -0.2) is 13.6 Å². The maximum absolute atomic E-state index is 13.0. The normalized spacial score (nSPS) is 10.1. The van der Waals surface area contributed by atoms with Crippen molar-refractivity contribution in [3.63, 3.8) is 0 Å². The van der Waals surface area contributed by atoms with Crippen LogP contribution in [0.5, 0.6) is 5.75 Å². The van der Waals surface area contributed by atoms with Crippen molar-refractivity contribution in [2.75, 3.05) is 18.5 Å². The van der Waals surface area contributed by atoms with Gasteiger partial charge in [-0.3, -0.25) is 4.79 Å². The van der Waals surface area contributed by atoms with Crippen molar-refractivity contribution >= 4 is 17.6 Å². The van der Waals surface area contributed by atoms with Gasteiger partial charge in [0.25, 0.3) is 5.91 Å². The molecular formula is C17H15F2NO4. The van der Waals surface area contributed by atoms with E-state index in [-0.39, 0.29) is 11.3 Å². The molecule has 7 heteroatoms. The lowest BCUT2D eigenvalue weighted by molar-refractivity contribution is -0.119. The van der Waals surface area contributed by atoms with Crippen LogP contribution in [0.1, 0.15) is 17.3 Å². The van der Waals surface area contributed by atoms with Gasteiger partial charge in [0.05, 0.1) is 12.2 Å². The average Bonchev–Trinajstić information content (AvgIpc) is 2.57. The lowest BCUT2D eigenvalue weighted by Gasteiger charge is -2.08. The zero-order valence-electron chi connectivity index (χ0n) is 12.8. The average molecular weight is 335 g/mol. The number of halogens is 2. The topological polar surface area (TPSA) is 64.6 Å². The van der Waals surface area contributed by atoms with Crippen molar-refractivity contribution in [3.05, 3.63) is 59.7 Å². The standard InChI is InChI=1S/C17H15F2NO4/c1-2-23-13-6-3-11(4-7-13)17(22)24-10-16(21)20-12-5-8-14(18)15(19)9-12/h3-9H,2,10H2,1H3,(H,20,21). The molecule has 1 amide bonds. The van der Waals surface area contributed by atoms with E-state index in [1.807, 2.05) is 6.92 Å². The van der Waals surface area contributed by atoms with Crippen LogP contribution in [0.25, 0.3) is 0 Å². The van der Waals surface area contributed by atoms with Crippen LogP contribution in [0.4, 0.5) is 14.5 Å². The summed E-state index contributed by atoms with van der Waals surface area (Å²) < 4.78 is 35.9. The molecule has 0 aromatic heterocycles. The second-order valence-electron chi connectivity index (χ2n) is 4.71. The summed E-state index contributed by atoms with van der Waals surface area (Å²) in [6, 6.07) is 9.17. The zero-order valence-corrected chi connectivity index (χ0v) is 12.8. The van der Waals surface area contributed by atoms with Crippen molar-refractivity contribution in [1.29, 1.82) is 0 Å². The number of anilines is 1. The van der Waals surface area contributed by atoms with Gasteiger partial charge in [-0.05, 0) is 43.3 Å². The summed E-state index contributed by atoms with van der Waals surface area (Å²) in [6.07, 6.45) is 0. The minimum atomic E-state index is -1.08. The Bertz CT molecular complexity index is 732. The third-order valence-corrected chi connectivity index (χ3v) is 2.94. The molecule has 0 bridgehead atoms. The molecule has 0 fully saturated rings. The van der Waals surface area contributed by atoms with Crippen LogP contribution < -0.4 is 10.1 Å². The minimum absolute atomic E-state index is 0.0658. The number of nitrogens with one attached hydrogen (secondary N) is 1. The Balaban J connectivity index is 1.86. The number of esters is 1. The molecule has 2 aromatic rings. The Morgan fingerprint density at radius 1 is 1.04 bits per heavy atom. The highest BCUT2D eigenvalue weighted by Crippen LogP contribution is 2.14. The summed E-state index contributed by atoms with van der Waals surface area (Å²) in [5, 5.41) is 2.30. The van der Waals surface area contributed by atoms with Crippen LogP contribution in [-0.2, 0) is 9.53 Å². The molecule has 1 N–H and O–H groups in total. The predicted octanol–water partition coefficient (Wildman–Crippen LogP) is 3.16. The van der Waals surface area contributed by atoms with Gasteiger partial charge in [-0.1, -0.05) is 0 Å². The fourth-order valence-corrected chi connectivity index (χ4v) is 1.84. The quantitative estimate of drug-likeness (QED) is 0.824. The third-order valence-electron chi connectivity index (χ3n) is 2.94. The predicted molar refractivity (Wildman–Crippen MR) is 82.9 cm³/mol. The van der Waals surface area contributed by atoms with Crippen molar-refractivity contribution in [1.82, 2.24) is 0 Å². The minimum Gasteiger partial charge on any atom is -0.494 e. The molecule has 0 unspecified atom stereocenters. The highest BCUT2D eigenvalue weighted by atomic mass is 19.2. The van der Waals surface area contributed by atoms with E-state index in [1.54, 1.807) is 12.1 Å². The Kier molecular flexibility index (Phi) is 5.83. The molecule has 24 heavy (non-hydrogen) atoms. The Morgan fingerprint density at radius 3 is 2.38 bits per heavy atom. The van der Waals surface area contributed by atoms with Crippen LogP contribution in [0.15, 0.2) is 42.5 Å². The third kappa shape index (κ3) is 4.77. The molecule has 0 saturated carbocycles. The Labute approximate surface area is 137 Å². The highest BCUT2D eigenvalue weighted by molar-refractivity contribution is 5.95. The number of amides is 1. The van der Waals surface area contributed by atoms with E-state index in [2.05, 4.69) is 5.32 Å². The van der Waals surface area contributed by atoms with E-state index in [4.69, 9.17) is 9.47 Å². The first kappa shape index (κ1) is 17.4. The van der Waals surface area contributed by atoms with Crippen molar-refractivity contribution in [3.8, 4) is 5.75 Å². The Hall–Kier alpha value is -2.96. The number of benzene rings is 2. The number of rotatable bonds is 6. The van der Waals surface area contributed by atoms with E-state index in [0.29, 0.717) is 12.4 Å². The van der Waals surface area contributed by atoms with E-state index >= 15 is 0 Å². The summed E-state index contributed by atoms with van der Waals surface area (Å²) in [5.74, 6) is -2.84. The van der Waals surface area contributed by atoms with Crippen LogP contribution in [0, 0.1) is 11.6 Å². The lowest BCUT2D eigenvalue weighted by Crippen LogP contribution is -2.21. The molecule has 0 aliphatic carbocycles. The van der Waals surface area contributed by atoms with Gasteiger partial charge in [0.15, 0.2) is 18.2 Å². The second-order valence-corrected chi connectivity index (χ2v) is 4.71. The molecule has 126 valence electrons. The monoisotopic (exact) mass is 335 g/mol. The van der Waals surface area contributed by atoms with E-state index < -0.39 is 30.1 Å². The highest BCUT2D eigenvalue weighted by Gasteiger charge is 2.11. The lowest BCUT2D eigenvalue weighted by atomic mass is 10.2. The molecule has 0 saturated heterocycles. The molecule has 0 radical (unpaired) electrons. The molecule has 0 spiro atoms. The first-order chi connectivity index (χ1) is 11.5. The zero-order chi connectivity index (χ0) is 17.5. The molecule has 0 heterocycles. The molecule has 5 nitrogen and oxygen atoms in total. The first-order valence-corrected chi connectivity index (χ1v) is 7.14. The largest absolute Gasteiger partial charge is 0.494 e. The molecule has 0 aliphatic heterocycles. The van der Waals surface area contributed by atoms with E-state index in [0.717, 1.165) is 12.1 Å². The van der Waals surface area contributed by atoms with Crippen molar-refractivity contribution < 1.29 is 27.8 Å². The SMILES string of the molecule is CCOc1ccc(C(=O)OCC(=O)Nc2ccc(F)c(F)c2)cc1. The summed E-state index contributed by atoms with van der Waals surface area (Å²) in [7, 11) is 0. The number of hydrogen-bond acceptors (Lipinski definition) is 4. The van der Waals surface area contributed by atoms with Gasteiger partial charge in [0.1, 0.15) is 5.75 Å². The molecular weight excluding hydrogens is 320 g/mol. The number of carbonyl (C=O) groups excluding carboxylic acids is 2. The maximum atomic E-state index is 13.0. The fourth-order valence-electron chi connectivity index (χ4n) is 1.84. The number of hydrogen-bond donors (Lipinski definition) is 1. The van der Waals surface area contributed by atoms with Gasteiger partial charge < -0.3 is 14.8 Å². The van der Waals surface area contributed by atoms with Gasteiger partial charge >= 0.3 is 5.97 Å². The van der Waals surface area contributed by atoms with Crippen LogP contribution in [0.2, 0.25) is 0 Å².